The molecule has 0 saturated carbocycles. The standard InChI is InChI=1S/C12H18N2O3/c1-8-6-9(16-4)7-10(17-5)11(8)12(15)13-14(2)3/h6-7H,1-5H3,(H,13,15). The van der Waals surface area contributed by atoms with E-state index >= 15 is 0 Å². The average Bonchev–Trinajstić information content (AvgIpc) is 2.26. The van der Waals surface area contributed by atoms with Gasteiger partial charge < -0.3 is 9.47 Å². The average molecular weight is 238 g/mol. The number of ether oxygens (including phenoxy) is 2. The molecule has 0 heterocycles. The van der Waals surface area contributed by atoms with Crippen LogP contribution >= 0.6 is 0 Å². The lowest BCUT2D eigenvalue weighted by Gasteiger charge is -2.16. The Balaban J connectivity index is 3.18. The van der Waals surface area contributed by atoms with Crippen LogP contribution in [0.5, 0.6) is 11.5 Å². The summed E-state index contributed by atoms with van der Waals surface area (Å²) < 4.78 is 10.3. The van der Waals surface area contributed by atoms with Crippen LogP contribution in [-0.4, -0.2) is 39.2 Å². The summed E-state index contributed by atoms with van der Waals surface area (Å²) in [7, 11) is 6.61. The summed E-state index contributed by atoms with van der Waals surface area (Å²) in [5.41, 5.74) is 4.01. The molecule has 5 nitrogen and oxygen atoms in total. The van der Waals surface area contributed by atoms with E-state index in [9.17, 15) is 4.79 Å². The Morgan fingerprint density at radius 3 is 2.35 bits per heavy atom. The molecule has 1 amide bonds. The third-order valence-electron chi connectivity index (χ3n) is 2.28. The van der Waals surface area contributed by atoms with Crippen molar-refractivity contribution in [2.24, 2.45) is 0 Å². The number of nitrogens with zero attached hydrogens (tertiary/aromatic N) is 1. The van der Waals surface area contributed by atoms with Crippen LogP contribution in [0.4, 0.5) is 0 Å². The molecule has 0 saturated heterocycles. The minimum absolute atomic E-state index is 0.202. The van der Waals surface area contributed by atoms with E-state index in [4.69, 9.17) is 9.47 Å². The molecule has 0 atom stereocenters. The van der Waals surface area contributed by atoms with Gasteiger partial charge in [0.05, 0.1) is 19.8 Å². The zero-order valence-electron chi connectivity index (χ0n) is 10.8. The summed E-state index contributed by atoms with van der Waals surface area (Å²) in [6.07, 6.45) is 0. The molecule has 0 aliphatic rings. The maximum atomic E-state index is 12.0. The Hall–Kier alpha value is -1.75. The van der Waals surface area contributed by atoms with E-state index < -0.39 is 0 Å². The predicted molar refractivity (Wildman–Crippen MR) is 65.4 cm³/mol. The second-order valence-electron chi connectivity index (χ2n) is 3.86. The molecular formula is C12H18N2O3. The summed E-state index contributed by atoms with van der Waals surface area (Å²) >= 11 is 0. The molecule has 0 radical (unpaired) electrons. The Labute approximate surface area is 101 Å². The van der Waals surface area contributed by atoms with Crippen LogP contribution in [-0.2, 0) is 0 Å². The molecule has 0 aliphatic heterocycles. The van der Waals surface area contributed by atoms with Gasteiger partial charge in [-0.1, -0.05) is 0 Å². The Bertz CT molecular complexity index is 416. The Kier molecular flexibility index (Phi) is 4.34. The van der Waals surface area contributed by atoms with E-state index in [0.717, 1.165) is 5.56 Å². The number of methoxy groups -OCH3 is 2. The number of hydrogen-bond acceptors (Lipinski definition) is 4. The van der Waals surface area contributed by atoms with Crippen molar-refractivity contribution in [3.05, 3.63) is 23.3 Å². The lowest BCUT2D eigenvalue weighted by atomic mass is 10.1. The topological polar surface area (TPSA) is 50.8 Å². The highest BCUT2D eigenvalue weighted by Crippen LogP contribution is 2.28. The quantitative estimate of drug-likeness (QED) is 0.801. The molecule has 94 valence electrons. The molecule has 0 aromatic heterocycles. The second kappa shape index (κ2) is 5.54. The molecule has 0 aliphatic carbocycles. The van der Waals surface area contributed by atoms with Crippen molar-refractivity contribution in [3.63, 3.8) is 0 Å². The number of aryl methyl sites for hydroxylation is 1. The molecule has 17 heavy (non-hydrogen) atoms. The fourth-order valence-electron chi connectivity index (χ4n) is 1.55. The predicted octanol–water partition coefficient (Wildman–Crippen LogP) is 1.22. The van der Waals surface area contributed by atoms with Crippen LogP contribution in [0, 0.1) is 6.92 Å². The summed E-state index contributed by atoms with van der Waals surface area (Å²) in [5, 5.41) is 1.59. The normalized spacial score (nSPS) is 10.2. The van der Waals surface area contributed by atoms with Gasteiger partial charge in [0.1, 0.15) is 11.5 Å². The SMILES string of the molecule is COc1cc(C)c(C(=O)NN(C)C)c(OC)c1. The van der Waals surface area contributed by atoms with Crippen molar-refractivity contribution < 1.29 is 14.3 Å². The molecule has 0 unspecified atom stereocenters. The van der Waals surface area contributed by atoms with Crippen molar-refractivity contribution in [1.29, 1.82) is 0 Å². The van der Waals surface area contributed by atoms with Crippen molar-refractivity contribution in [3.8, 4) is 11.5 Å². The summed E-state index contributed by atoms with van der Waals surface area (Å²) in [6, 6.07) is 3.49. The first kappa shape index (κ1) is 13.3. The van der Waals surface area contributed by atoms with Gasteiger partial charge in [-0.2, -0.15) is 0 Å². The largest absolute Gasteiger partial charge is 0.497 e. The molecule has 0 bridgehead atoms. The number of nitrogens with one attached hydrogen (secondary N) is 1. The molecule has 1 aromatic carbocycles. The highest BCUT2D eigenvalue weighted by molar-refractivity contribution is 5.98. The van der Waals surface area contributed by atoms with Gasteiger partial charge in [-0.3, -0.25) is 10.2 Å². The van der Waals surface area contributed by atoms with Crippen molar-refractivity contribution >= 4 is 5.91 Å². The lowest BCUT2D eigenvalue weighted by Crippen LogP contribution is -2.36. The molecule has 1 N–H and O–H groups in total. The van der Waals surface area contributed by atoms with Gasteiger partial charge in [-0.05, 0) is 18.6 Å². The minimum Gasteiger partial charge on any atom is -0.497 e. The Morgan fingerprint density at radius 2 is 1.88 bits per heavy atom. The van der Waals surface area contributed by atoms with Gasteiger partial charge >= 0.3 is 0 Å². The van der Waals surface area contributed by atoms with Gasteiger partial charge in [-0.15, -0.1) is 0 Å². The van der Waals surface area contributed by atoms with Crippen molar-refractivity contribution in [1.82, 2.24) is 10.4 Å². The number of hydrogen-bond donors (Lipinski definition) is 1. The van der Waals surface area contributed by atoms with Gasteiger partial charge in [0.15, 0.2) is 0 Å². The zero-order chi connectivity index (χ0) is 13.0. The van der Waals surface area contributed by atoms with Crippen LogP contribution < -0.4 is 14.9 Å². The van der Waals surface area contributed by atoms with E-state index in [-0.39, 0.29) is 5.91 Å². The molecule has 1 rings (SSSR count). The third-order valence-corrected chi connectivity index (χ3v) is 2.28. The molecule has 5 heteroatoms. The number of rotatable bonds is 4. The van der Waals surface area contributed by atoms with Gasteiger partial charge in [0, 0.05) is 20.2 Å². The molecule has 0 spiro atoms. The van der Waals surface area contributed by atoms with Crippen LogP contribution in [0.3, 0.4) is 0 Å². The first-order chi connectivity index (χ1) is 7.99. The maximum absolute atomic E-state index is 12.0. The number of hydrazine groups is 1. The fourth-order valence-corrected chi connectivity index (χ4v) is 1.55. The van der Waals surface area contributed by atoms with Crippen LogP contribution in [0.25, 0.3) is 0 Å². The van der Waals surface area contributed by atoms with Crippen LogP contribution in [0.2, 0.25) is 0 Å². The maximum Gasteiger partial charge on any atom is 0.269 e. The Morgan fingerprint density at radius 1 is 1.24 bits per heavy atom. The number of carbonyl (C=O) groups excluding carboxylic acids is 1. The van der Waals surface area contributed by atoms with Gasteiger partial charge in [0.2, 0.25) is 0 Å². The van der Waals surface area contributed by atoms with Crippen LogP contribution in [0.1, 0.15) is 15.9 Å². The smallest absolute Gasteiger partial charge is 0.269 e. The highest BCUT2D eigenvalue weighted by atomic mass is 16.5. The zero-order valence-corrected chi connectivity index (χ0v) is 10.8. The van der Waals surface area contributed by atoms with Crippen LogP contribution in [0.15, 0.2) is 12.1 Å². The fraction of sp³-hybridized carbons (Fsp3) is 0.417. The summed E-state index contributed by atoms with van der Waals surface area (Å²) in [4.78, 5) is 12.0. The van der Waals surface area contributed by atoms with Crippen molar-refractivity contribution in [2.75, 3.05) is 28.3 Å². The summed E-state index contributed by atoms with van der Waals surface area (Å²) in [5.74, 6) is 0.967. The summed E-state index contributed by atoms with van der Waals surface area (Å²) in [6.45, 7) is 1.84. The molecular weight excluding hydrogens is 220 g/mol. The van der Waals surface area contributed by atoms with E-state index in [0.29, 0.717) is 17.1 Å². The number of amides is 1. The van der Waals surface area contributed by atoms with Gasteiger partial charge in [-0.25, -0.2) is 5.01 Å². The monoisotopic (exact) mass is 238 g/mol. The van der Waals surface area contributed by atoms with Crippen molar-refractivity contribution in [2.45, 2.75) is 6.92 Å². The van der Waals surface area contributed by atoms with E-state index in [1.54, 1.807) is 38.3 Å². The number of benzene rings is 1. The first-order valence-electron chi connectivity index (χ1n) is 5.20. The lowest BCUT2D eigenvalue weighted by molar-refractivity contribution is 0.0853. The van der Waals surface area contributed by atoms with E-state index in [1.165, 1.54) is 7.11 Å². The highest BCUT2D eigenvalue weighted by Gasteiger charge is 2.17. The van der Waals surface area contributed by atoms with E-state index in [1.807, 2.05) is 6.92 Å². The molecule has 0 fully saturated rings. The minimum atomic E-state index is -0.202. The second-order valence-corrected chi connectivity index (χ2v) is 3.86. The number of carbonyl (C=O) groups is 1. The van der Waals surface area contributed by atoms with Gasteiger partial charge in [0.25, 0.3) is 5.91 Å². The third kappa shape index (κ3) is 3.10. The molecule has 1 aromatic rings. The van der Waals surface area contributed by atoms with E-state index in [2.05, 4.69) is 5.43 Å². The first-order valence-corrected chi connectivity index (χ1v) is 5.20.